The lowest BCUT2D eigenvalue weighted by molar-refractivity contribution is -0.122. The Labute approximate surface area is 177 Å². The molecule has 3 rings (SSSR count). The highest BCUT2D eigenvalue weighted by Gasteiger charge is 2.18. The lowest BCUT2D eigenvalue weighted by atomic mass is 10.1. The van der Waals surface area contributed by atoms with Gasteiger partial charge in [-0.3, -0.25) is 14.6 Å². The molecule has 2 aromatic carbocycles. The highest BCUT2D eigenvalue weighted by molar-refractivity contribution is 5.90. The van der Waals surface area contributed by atoms with Crippen LogP contribution in [0.25, 0.3) is 0 Å². The number of hydrogen-bond acceptors (Lipinski definition) is 6. The molecule has 0 radical (unpaired) electrons. The molecule has 1 saturated heterocycles. The SMILES string of the molecule is COC(=O)c1ccc(/C=N\NC(=O)CN2CCN(Cc3ccc(C)cc3)CC2)cc1. The maximum Gasteiger partial charge on any atom is 0.337 e. The average Bonchev–Trinajstić information content (AvgIpc) is 2.76. The number of aryl methyl sites for hydroxylation is 1. The second-order valence-electron chi connectivity index (χ2n) is 7.44. The van der Waals surface area contributed by atoms with Crippen molar-refractivity contribution in [1.82, 2.24) is 15.2 Å². The van der Waals surface area contributed by atoms with Crippen LogP contribution in [-0.2, 0) is 16.1 Å². The standard InChI is InChI=1S/C23H28N4O3/c1-18-3-5-20(6-4-18)16-26-11-13-27(14-12-26)17-22(28)25-24-15-19-7-9-21(10-8-19)23(29)30-2/h3-10,15H,11-14,16-17H2,1-2H3,(H,25,28)/b24-15-. The Morgan fingerprint density at radius 2 is 1.63 bits per heavy atom. The molecule has 0 bridgehead atoms. The normalized spacial score (nSPS) is 15.3. The van der Waals surface area contributed by atoms with E-state index < -0.39 is 0 Å². The van der Waals surface area contributed by atoms with Gasteiger partial charge < -0.3 is 4.74 Å². The summed E-state index contributed by atoms with van der Waals surface area (Å²) in [6.45, 7) is 6.97. The van der Waals surface area contributed by atoms with Crippen LogP contribution < -0.4 is 5.43 Å². The number of nitrogens with zero attached hydrogens (tertiary/aromatic N) is 3. The Hall–Kier alpha value is -3.03. The van der Waals surface area contributed by atoms with Crippen LogP contribution in [0.5, 0.6) is 0 Å². The first-order valence-corrected chi connectivity index (χ1v) is 10.0. The third-order valence-corrected chi connectivity index (χ3v) is 5.09. The van der Waals surface area contributed by atoms with Gasteiger partial charge in [0.25, 0.3) is 5.91 Å². The molecule has 1 N–H and O–H groups in total. The van der Waals surface area contributed by atoms with Crippen LogP contribution >= 0.6 is 0 Å². The zero-order valence-corrected chi connectivity index (χ0v) is 17.5. The zero-order valence-electron chi connectivity index (χ0n) is 17.5. The fourth-order valence-corrected chi connectivity index (χ4v) is 3.30. The molecule has 1 aliphatic heterocycles. The van der Waals surface area contributed by atoms with Gasteiger partial charge in [-0.15, -0.1) is 0 Å². The summed E-state index contributed by atoms with van der Waals surface area (Å²) in [6, 6.07) is 15.4. The Morgan fingerprint density at radius 1 is 1.00 bits per heavy atom. The largest absolute Gasteiger partial charge is 0.465 e. The minimum Gasteiger partial charge on any atom is -0.465 e. The summed E-state index contributed by atoms with van der Waals surface area (Å²) in [6.07, 6.45) is 1.55. The predicted octanol–water partition coefficient (Wildman–Crippen LogP) is 2.05. The third kappa shape index (κ3) is 6.50. The van der Waals surface area contributed by atoms with Crippen LogP contribution in [0.3, 0.4) is 0 Å². The van der Waals surface area contributed by atoms with Crippen LogP contribution in [0.4, 0.5) is 0 Å². The van der Waals surface area contributed by atoms with Gasteiger partial charge in [-0.2, -0.15) is 5.10 Å². The van der Waals surface area contributed by atoms with Crippen LogP contribution in [0, 0.1) is 6.92 Å². The summed E-state index contributed by atoms with van der Waals surface area (Å²) in [5, 5.41) is 4.00. The first-order chi connectivity index (χ1) is 14.5. The smallest absolute Gasteiger partial charge is 0.337 e. The molecule has 0 aliphatic carbocycles. The molecule has 1 amide bonds. The number of amides is 1. The molecular weight excluding hydrogens is 380 g/mol. The summed E-state index contributed by atoms with van der Waals surface area (Å²) in [7, 11) is 1.34. The number of benzene rings is 2. The molecule has 0 spiro atoms. The second-order valence-corrected chi connectivity index (χ2v) is 7.44. The van der Waals surface area contributed by atoms with Gasteiger partial charge in [0.15, 0.2) is 0 Å². The van der Waals surface area contributed by atoms with Crippen molar-refractivity contribution in [3.63, 3.8) is 0 Å². The van der Waals surface area contributed by atoms with Crippen LogP contribution in [0.2, 0.25) is 0 Å². The van der Waals surface area contributed by atoms with Crippen LogP contribution in [-0.4, -0.2) is 67.7 Å². The molecule has 158 valence electrons. The highest BCUT2D eigenvalue weighted by Crippen LogP contribution is 2.10. The second kappa shape index (κ2) is 10.7. The molecular formula is C23H28N4O3. The Balaban J connectivity index is 1.38. The van der Waals surface area contributed by atoms with Crippen molar-refractivity contribution in [1.29, 1.82) is 0 Å². The summed E-state index contributed by atoms with van der Waals surface area (Å²) >= 11 is 0. The summed E-state index contributed by atoms with van der Waals surface area (Å²) < 4.78 is 4.66. The van der Waals surface area contributed by atoms with Crippen molar-refractivity contribution < 1.29 is 14.3 Å². The number of hydrogen-bond donors (Lipinski definition) is 1. The molecule has 30 heavy (non-hydrogen) atoms. The molecule has 0 atom stereocenters. The highest BCUT2D eigenvalue weighted by atomic mass is 16.5. The number of methoxy groups -OCH3 is 1. The molecule has 1 heterocycles. The monoisotopic (exact) mass is 408 g/mol. The van der Waals surface area contributed by atoms with Crippen molar-refractivity contribution in [3.05, 3.63) is 70.8 Å². The van der Waals surface area contributed by atoms with Gasteiger partial charge in [-0.1, -0.05) is 42.0 Å². The lowest BCUT2D eigenvalue weighted by Gasteiger charge is -2.34. The van der Waals surface area contributed by atoms with E-state index in [-0.39, 0.29) is 11.9 Å². The number of rotatable bonds is 7. The van der Waals surface area contributed by atoms with E-state index in [0.29, 0.717) is 12.1 Å². The molecule has 7 heteroatoms. The van der Waals surface area contributed by atoms with E-state index in [0.717, 1.165) is 38.3 Å². The van der Waals surface area contributed by atoms with Crippen molar-refractivity contribution in [3.8, 4) is 0 Å². The van der Waals surface area contributed by atoms with Gasteiger partial charge in [0.1, 0.15) is 0 Å². The van der Waals surface area contributed by atoms with E-state index in [4.69, 9.17) is 0 Å². The Morgan fingerprint density at radius 3 is 2.27 bits per heavy atom. The van der Waals surface area contributed by atoms with Gasteiger partial charge >= 0.3 is 5.97 Å². The molecule has 7 nitrogen and oxygen atoms in total. The number of piperazine rings is 1. The maximum absolute atomic E-state index is 12.1. The van der Waals surface area contributed by atoms with Gasteiger partial charge in [0.2, 0.25) is 0 Å². The topological polar surface area (TPSA) is 74.2 Å². The maximum atomic E-state index is 12.1. The quantitative estimate of drug-likeness (QED) is 0.431. The van der Waals surface area contributed by atoms with E-state index in [1.165, 1.54) is 18.2 Å². The van der Waals surface area contributed by atoms with Crippen molar-refractivity contribution >= 4 is 18.1 Å². The number of esters is 1. The van der Waals surface area contributed by atoms with Crippen molar-refractivity contribution in [2.45, 2.75) is 13.5 Å². The average molecular weight is 409 g/mol. The number of ether oxygens (including phenoxy) is 1. The van der Waals surface area contributed by atoms with Gasteiger partial charge in [0.05, 0.1) is 25.4 Å². The molecule has 1 aliphatic rings. The van der Waals surface area contributed by atoms with E-state index in [1.807, 2.05) is 0 Å². The molecule has 0 aromatic heterocycles. The minimum atomic E-state index is -0.384. The van der Waals surface area contributed by atoms with E-state index in [2.05, 4.69) is 56.3 Å². The molecule has 1 fully saturated rings. The number of hydrazone groups is 1. The van der Waals surface area contributed by atoms with Crippen LogP contribution in [0.1, 0.15) is 27.0 Å². The van der Waals surface area contributed by atoms with E-state index in [9.17, 15) is 9.59 Å². The first-order valence-electron chi connectivity index (χ1n) is 10.0. The summed E-state index contributed by atoms with van der Waals surface area (Å²) in [5.74, 6) is -0.518. The Kier molecular flexibility index (Phi) is 7.70. The van der Waals surface area contributed by atoms with Gasteiger partial charge in [-0.05, 0) is 30.2 Å². The van der Waals surface area contributed by atoms with Crippen LogP contribution in [0.15, 0.2) is 53.6 Å². The fourth-order valence-electron chi connectivity index (χ4n) is 3.30. The van der Waals surface area contributed by atoms with Gasteiger partial charge in [-0.25, -0.2) is 10.2 Å². The van der Waals surface area contributed by atoms with Crippen molar-refractivity contribution in [2.75, 3.05) is 39.8 Å². The summed E-state index contributed by atoms with van der Waals surface area (Å²) in [4.78, 5) is 28.1. The predicted molar refractivity (Wildman–Crippen MR) is 116 cm³/mol. The van der Waals surface area contributed by atoms with Gasteiger partial charge in [0, 0.05) is 32.7 Å². The number of carbonyl (C=O) groups excluding carboxylic acids is 2. The fraction of sp³-hybridized carbons (Fsp3) is 0.348. The third-order valence-electron chi connectivity index (χ3n) is 5.09. The molecule has 0 unspecified atom stereocenters. The Bertz CT molecular complexity index is 870. The first kappa shape index (κ1) is 21.7. The van der Waals surface area contributed by atoms with E-state index >= 15 is 0 Å². The molecule has 0 saturated carbocycles. The number of nitrogens with one attached hydrogen (secondary N) is 1. The minimum absolute atomic E-state index is 0.135. The zero-order chi connectivity index (χ0) is 21.3. The summed E-state index contributed by atoms with van der Waals surface area (Å²) in [5.41, 5.74) is 6.42. The number of carbonyl (C=O) groups is 2. The van der Waals surface area contributed by atoms with Crippen molar-refractivity contribution in [2.24, 2.45) is 5.10 Å². The lowest BCUT2D eigenvalue weighted by Crippen LogP contribution is -2.48. The van der Waals surface area contributed by atoms with E-state index in [1.54, 1.807) is 30.5 Å². The molecule has 2 aromatic rings.